The van der Waals surface area contributed by atoms with Crippen LogP contribution < -0.4 is 11.1 Å². The van der Waals surface area contributed by atoms with Crippen molar-refractivity contribution >= 4 is 29.0 Å². The lowest BCUT2D eigenvalue weighted by Crippen LogP contribution is -2.46. The van der Waals surface area contributed by atoms with Crippen LogP contribution in [0.25, 0.3) is 0 Å². The van der Waals surface area contributed by atoms with Crippen LogP contribution in [0.15, 0.2) is 23.4 Å². The number of halogens is 1. The van der Waals surface area contributed by atoms with Crippen molar-refractivity contribution in [2.45, 2.75) is 33.6 Å². The van der Waals surface area contributed by atoms with Gasteiger partial charge in [-0.2, -0.15) is 0 Å². The number of hydrogen-bond acceptors (Lipinski definition) is 3. The first kappa shape index (κ1) is 16.3. The molecule has 0 bridgehead atoms. The van der Waals surface area contributed by atoms with Gasteiger partial charge < -0.3 is 16.3 Å². The van der Waals surface area contributed by atoms with Crippen LogP contribution in [0.2, 0.25) is 5.02 Å². The molecule has 4 N–H and O–H groups in total. The summed E-state index contributed by atoms with van der Waals surface area (Å²) in [6, 6.07) is 5.36. The molecule has 5 nitrogen and oxygen atoms in total. The third kappa shape index (κ3) is 2.88. The lowest BCUT2D eigenvalue weighted by molar-refractivity contribution is -0.122. The molecule has 1 amide bonds. The van der Waals surface area contributed by atoms with Crippen molar-refractivity contribution in [3.63, 3.8) is 0 Å². The van der Waals surface area contributed by atoms with E-state index in [0.29, 0.717) is 23.6 Å². The number of anilines is 1. The molecular formula is C14H20ClN3O2. The number of nitrogens with one attached hydrogen (secondary N) is 1. The van der Waals surface area contributed by atoms with Gasteiger partial charge >= 0.3 is 0 Å². The minimum absolute atomic E-state index is 0.0929. The molecule has 0 aromatic heterocycles. The largest absolute Gasteiger partial charge is 0.409 e. The Kier molecular flexibility index (Phi) is 5.39. The Morgan fingerprint density at radius 1 is 1.45 bits per heavy atom. The van der Waals surface area contributed by atoms with E-state index < -0.39 is 5.41 Å². The minimum Gasteiger partial charge on any atom is -0.409 e. The summed E-state index contributed by atoms with van der Waals surface area (Å²) in [5, 5.41) is 15.2. The third-order valence-electron chi connectivity index (χ3n) is 3.70. The highest BCUT2D eigenvalue weighted by Crippen LogP contribution is 2.32. The van der Waals surface area contributed by atoms with E-state index in [1.807, 2.05) is 32.9 Å². The molecule has 0 aliphatic heterocycles. The molecule has 0 aliphatic carbocycles. The molecule has 20 heavy (non-hydrogen) atoms. The first-order chi connectivity index (χ1) is 9.42. The highest BCUT2D eigenvalue weighted by molar-refractivity contribution is 6.34. The predicted molar refractivity (Wildman–Crippen MR) is 81.2 cm³/mol. The maximum atomic E-state index is 12.6. The molecule has 0 saturated heterocycles. The van der Waals surface area contributed by atoms with Gasteiger partial charge in [0.1, 0.15) is 5.41 Å². The van der Waals surface area contributed by atoms with Crippen LogP contribution in [0, 0.1) is 12.3 Å². The van der Waals surface area contributed by atoms with E-state index >= 15 is 0 Å². The number of nitrogens with zero attached hydrogens (tertiary/aromatic N) is 1. The quantitative estimate of drug-likeness (QED) is 0.338. The monoisotopic (exact) mass is 297 g/mol. The molecular weight excluding hydrogens is 278 g/mol. The topological polar surface area (TPSA) is 87.7 Å². The summed E-state index contributed by atoms with van der Waals surface area (Å²) < 4.78 is 0. The zero-order chi connectivity index (χ0) is 15.3. The zero-order valence-electron chi connectivity index (χ0n) is 11.9. The third-order valence-corrected chi connectivity index (χ3v) is 4.02. The number of aryl methyl sites for hydroxylation is 1. The predicted octanol–water partition coefficient (Wildman–Crippen LogP) is 3.14. The Morgan fingerprint density at radius 2 is 2.05 bits per heavy atom. The number of hydrogen-bond donors (Lipinski definition) is 3. The maximum Gasteiger partial charge on any atom is 0.238 e. The fourth-order valence-corrected chi connectivity index (χ4v) is 2.44. The first-order valence-corrected chi connectivity index (χ1v) is 6.85. The van der Waals surface area contributed by atoms with Crippen molar-refractivity contribution in [3.8, 4) is 0 Å². The average molecular weight is 298 g/mol. The number of para-hydroxylation sites is 1. The van der Waals surface area contributed by atoms with E-state index in [1.54, 1.807) is 6.07 Å². The van der Waals surface area contributed by atoms with Crippen molar-refractivity contribution in [2.75, 3.05) is 5.32 Å². The van der Waals surface area contributed by atoms with Crippen LogP contribution in [0.1, 0.15) is 32.3 Å². The summed E-state index contributed by atoms with van der Waals surface area (Å²) in [6.45, 7) is 5.49. The Morgan fingerprint density at radius 3 is 2.50 bits per heavy atom. The molecule has 1 aromatic rings. The summed E-state index contributed by atoms with van der Waals surface area (Å²) in [6.07, 6.45) is 0.851. The summed E-state index contributed by atoms with van der Waals surface area (Å²) in [5.74, 6) is -0.418. The Hall–Kier alpha value is -1.75. The van der Waals surface area contributed by atoms with Gasteiger partial charge in [0.2, 0.25) is 5.91 Å². The second kappa shape index (κ2) is 6.61. The molecule has 0 saturated carbocycles. The van der Waals surface area contributed by atoms with E-state index in [0.717, 1.165) is 5.56 Å². The molecule has 6 heteroatoms. The van der Waals surface area contributed by atoms with E-state index in [4.69, 9.17) is 22.5 Å². The van der Waals surface area contributed by atoms with Gasteiger partial charge in [0.25, 0.3) is 0 Å². The average Bonchev–Trinajstić information content (AvgIpc) is 2.44. The zero-order valence-corrected chi connectivity index (χ0v) is 12.7. The smallest absolute Gasteiger partial charge is 0.238 e. The maximum absolute atomic E-state index is 12.6. The van der Waals surface area contributed by atoms with Crippen LogP contribution in [0.5, 0.6) is 0 Å². The van der Waals surface area contributed by atoms with Crippen molar-refractivity contribution < 1.29 is 10.0 Å². The molecule has 0 radical (unpaired) electrons. The SMILES string of the molecule is CCC(CC)(C(=O)Nc1c(C)cccc1Cl)C(N)=NO. The number of oxime groups is 1. The molecule has 110 valence electrons. The van der Waals surface area contributed by atoms with Crippen molar-refractivity contribution in [1.82, 2.24) is 0 Å². The highest BCUT2D eigenvalue weighted by Gasteiger charge is 2.40. The van der Waals surface area contributed by atoms with E-state index in [-0.39, 0.29) is 11.7 Å². The van der Waals surface area contributed by atoms with Gasteiger partial charge in [-0.15, -0.1) is 0 Å². The Balaban J connectivity index is 3.16. The fraction of sp³-hybridized carbons (Fsp3) is 0.429. The number of amidine groups is 1. The van der Waals surface area contributed by atoms with Crippen molar-refractivity contribution in [1.29, 1.82) is 0 Å². The van der Waals surface area contributed by atoms with Gasteiger partial charge in [0.15, 0.2) is 5.84 Å². The van der Waals surface area contributed by atoms with Crippen LogP contribution in [-0.2, 0) is 4.79 Å². The summed E-state index contributed by atoms with van der Waals surface area (Å²) in [4.78, 5) is 12.6. The van der Waals surface area contributed by atoms with Gasteiger partial charge in [-0.3, -0.25) is 4.79 Å². The Labute approximate surface area is 123 Å². The van der Waals surface area contributed by atoms with Crippen LogP contribution >= 0.6 is 11.6 Å². The number of benzene rings is 1. The second-order valence-electron chi connectivity index (χ2n) is 4.66. The van der Waals surface area contributed by atoms with E-state index in [2.05, 4.69) is 10.5 Å². The van der Waals surface area contributed by atoms with Gasteiger partial charge in [-0.05, 0) is 31.4 Å². The van der Waals surface area contributed by atoms with Crippen LogP contribution in [0.4, 0.5) is 5.69 Å². The van der Waals surface area contributed by atoms with Gasteiger partial charge in [0, 0.05) is 0 Å². The van der Waals surface area contributed by atoms with Gasteiger partial charge in [0.05, 0.1) is 10.7 Å². The minimum atomic E-state index is -1.04. The second-order valence-corrected chi connectivity index (χ2v) is 5.07. The lowest BCUT2D eigenvalue weighted by atomic mass is 9.80. The normalized spacial score (nSPS) is 12.3. The lowest BCUT2D eigenvalue weighted by Gasteiger charge is -2.29. The van der Waals surface area contributed by atoms with Gasteiger partial charge in [-0.25, -0.2) is 0 Å². The summed E-state index contributed by atoms with van der Waals surface area (Å²) >= 11 is 6.10. The van der Waals surface area contributed by atoms with E-state index in [1.165, 1.54) is 0 Å². The molecule has 0 atom stereocenters. The standard InChI is InChI=1S/C14H20ClN3O2/c1-4-14(5-2,12(16)18-20)13(19)17-11-9(3)7-6-8-10(11)15/h6-8,20H,4-5H2,1-3H3,(H2,16,18)(H,17,19). The van der Waals surface area contributed by atoms with Crippen LogP contribution in [-0.4, -0.2) is 17.0 Å². The summed E-state index contributed by atoms with van der Waals surface area (Å²) in [7, 11) is 0. The number of amides is 1. The fourth-order valence-electron chi connectivity index (χ4n) is 2.17. The number of carbonyl (C=O) groups excluding carboxylic acids is 1. The van der Waals surface area contributed by atoms with Crippen molar-refractivity contribution in [3.05, 3.63) is 28.8 Å². The number of carbonyl (C=O) groups is 1. The molecule has 0 fully saturated rings. The summed E-state index contributed by atoms with van der Waals surface area (Å²) in [5.41, 5.74) is 6.07. The van der Waals surface area contributed by atoms with Crippen molar-refractivity contribution in [2.24, 2.45) is 16.3 Å². The molecule has 0 aliphatic rings. The first-order valence-electron chi connectivity index (χ1n) is 6.47. The number of rotatable bonds is 5. The molecule has 0 spiro atoms. The van der Waals surface area contributed by atoms with Crippen LogP contribution in [0.3, 0.4) is 0 Å². The molecule has 1 rings (SSSR count). The van der Waals surface area contributed by atoms with E-state index in [9.17, 15) is 4.79 Å². The number of nitrogens with two attached hydrogens (primary N) is 1. The van der Waals surface area contributed by atoms with Gasteiger partial charge in [-0.1, -0.05) is 42.7 Å². The molecule has 0 heterocycles. The Bertz CT molecular complexity index is 505. The highest BCUT2D eigenvalue weighted by atomic mass is 35.5. The molecule has 1 aromatic carbocycles. The molecule has 0 unspecified atom stereocenters.